The van der Waals surface area contributed by atoms with E-state index in [2.05, 4.69) is 15.5 Å². The highest BCUT2D eigenvalue weighted by Gasteiger charge is 2.17. The van der Waals surface area contributed by atoms with Crippen LogP contribution < -0.4 is 10.1 Å². The molecule has 3 rings (SSSR count). The van der Waals surface area contributed by atoms with Crippen LogP contribution in [0, 0.1) is 0 Å². The number of benzene rings is 2. The van der Waals surface area contributed by atoms with Crippen molar-refractivity contribution in [1.29, 1.82) is 0 Å². The van der Waals surface area contributed by atoms with Crippen molar-refractivity contribution >= 4 is 46.6 Å². The number of carbonyl (C=O) groups excluding carboxylic acids is 1. The summed E-state index contributed by atoms with van der Waals surface area (Å²) in [6.07, 6.45) is 0. The molecular formula is C20H20Cl2N4O2S. The molecule has 0 bridgehead atoms. The average Bonchev–Trinajstić information content (AvgIpc) is 3.10. The van der Waals surface area contributed by atoms with Crippen molar-refractivity contribution < 1.29 is 9.53 Å². The molecule has 0 atom stereocenters. The molecule has 2 aromatic carbocycles. The van der Waals surface area contributed by atoms with E-state index < -0.39 is 0 Å². The van der Waals surface area contributed by atoms with Crippen LogP contribution in [-0.2, 0) is 11.3 Å². The number of aromatic nitrogens is 3. The Morgan fingerprint density at radius 3 is 2.69 bits per heavy atom. The quantitative estimate of drug-likeness (QED) is 0.465. The lowest BCUT2D eigenvalue weighted by atomic mass is 10.2. The molecule has 1 aromatic heterocycles. The van der Waals surface area contributed by atoms with Gasteiger partial charge in [-0.25, -0.2) is 0 Å². The van der Waals surface area contributed by atoms with Gasteiger partial charge < -0.3 is 14.6 Å². The molecule has 0 saturated heterocycles. The lowest BCUT2D eigenvalue weighted by Gasteiger charge is -2.11. The SMILES string of the molecule is CCOc1ccccc1NC(=O)CSc1nnc(-c2ccc(Cl)cc2Cl)n1CC. The van der Waals surface area contributed by atoms with E-state index in [9.17, 15) is 4.79 Å². The molecule has 1 heterocycles. The van der Waals surface area contributed by atoms with Gasteiger partial charge >= 0.3 is 0 Å². The smallest absolute Gasteiger partial charge is 0.234 e. The number of hydrogen-bond acceptors (Lipinski definition) is 5. The van der Waals surface area contributed by atoms with Gasteiger partial charge in [-0.1, -0.05) is 47.1 Å². The van der Waals surface area contributed by atoms with Crippen molar-refractivity contribution in [3.63, 3.8) is 0 Å². The molecule has 0 spiro atoms. The standard InChI is InChI=1S/C20H20Cl2N4O2S/c1-3-26-19(14-10-9-13(21)11-15(14)22)24-25-20(26)29-12-18(27)23-16-7-5-6-8-17(16)28-4-2/h5-11H,3-4,12H2,1-2H3,(H,23,27). The molecule has 29 heavy (non-hydrogen) atoms. The molecule has 6 nitrogen and oxygen atoms in total. The van der Waals surface area contributed by atoms with Crippen molar-refractivity contribution in [2.75, 3.05) is 17.7 Å². The second kappa shape index (κ2) is 10.0. The monoisotopic (exact) mass is 450 g/mol. The molecule has 0 aliphatic heterocycles. The Hall–Kier alpha value is -2.22. The maximum Gasteiger partial charge on any atom is 0.234 e. The summed E-state index contributed by atoms with van der Waals surface area (Å²) in [4.78, 5) is 12.4. The number of nitrogens with zero attached hydrogens (tertiary/aromatic N) is 3. The fraction of sp³-hybridized carbons (Fsp3) is 0.250. The van der Waals surface area contributed by atoms with Crippen molar-refractivity contribution in [1.82, 2.24) is 14.8 Å². The molecule has 9 heteroatoms. The van der Waals surface area contributed by atoms with Crippen molar-refractivity contribution in [3.05, 3.63) is 52.5 Å². The molecule has 0 aliphatic carbocycles. The van der Waals surface area contributed by atoms with Crippen LogP contribution in [-0.4, -0.2) is 33.0 Å². The fourth-order valence-electron chi connectivity index (χ4n) is 2.72. The highest BCUT2D eigenvalue weighted by atomic mass is 35.5. The number of nitrogens with one attached hydrogen (secondary N) is 1. The average molecular weight is 451 g/mol. The number of ether oxygens (including phenoxy) is 1. The van der Waals surface area contributed by atoms with Crippen LogP contribution in [0.1, 0.15) is 13.8 Å². The van der Waals surface area contributed by atoms with E-state index in [-0.39, 0.29) is 11.7 Å². The lowest BCUT2D eigenvalue weighted by molar-refractivity contribution is -0.113. The zero-order valence-corrected chi connectivity index (χ0v) is 18.3. The first-order valence-electron chi connectivity index (χ1n) is 9.06. The van der Waals surface area contributed by atoms with Gasteiger partial charge in [0.25, 0.3) is 0 Å². The number of hydrogen-bond donors (Lipinski definition) is 1. The zero-order chi connectivity index (χ0) is 20.8. The Morgan fingerprint density at radius 2 is 1.97 bits per heavy atom. The molecule has 0 saturated carbocycles. The Balaban J connectivity index is 1.71. The summed E-state index contributed by atoms with van der Waals surface area (Å²) in [5.41, 5.74) is 1.39. The maximum absolute atomic E-state index is 12.4. The Morgan fingerprint density at radius 1 is 1.17 bits per heavy atom. The van der Waals surface area contributed by atoms with Crippen LogP contribution in [0.15, 0.2) is 47.6 Å². The summed E-state index contributed by atoms with van der Waals surface area (Å²) < 4.78 is 7.46. The molecule has 152 valence electrons. The van der Waals surface area contributed by atoms with E-state index in [4.69, 9.17) is 27.9 Å². The second-order valence-electron chi connectivity index (χ2n) is 5.94. The zero-order valence-electron chi connectivity index (χ0n) is 16.0. The number of rotatable bonds is 8. The number of thioether (sulfide) groups is 1. The van der Waals surface area contributed by atoms with Gasteiger partial charge in [-0.15, -0.1) is 10.2 Å². The van der Waals surface area contributed by atoms with Gasteiger partial charge in [0.05, 0.1) is 23.1 Å². The number of halogens is 2. The minimum Gasteiger partial charge on any atom is -0.492 e. The predicted octanol–water partition coefficient (Wildman–Crippen LogP) is 5.40. The summed E-state index contributed by atoms with van der Waals surface area (Å²) in [6.45, 7) is 5.05. The lowest BCUT2D eigenvalue weighted by Crippen LogP contribution is -2.15. The minimum absolute atomic E-state index is 0.154. The second-order valence-corrected chi connectivity index (χ2v) is 7.73. The number of para-hydroxylation sites is 2. The van der Waals surface area contributed by atoms with Gasteiger partial charge in [-0.3, -0.25) is 4.79 Å². The van der Waals surface area contributed by atoms with Gasteiger partial charge in [-0.05, 0) is 44.2 Å². The summed E-state index contributed by atoms with van der Waals surface area (Å²) in [5, 5.41) is 13.1. The Bertz CT molecular complexity index is 1010. The van der Waals surface area contributed by atoms with E-state index in [0.717, 1.165) is 5.56 Å². The molecular weight excluding hydrogens is 431 g/mol. The fourth-order valence-corrected chi connectivity index (χ4v) is 4.01. The number of carbonyl (C=O) groups is 1. The number of amides is 1. The van der Waals surface area contributed by atoms with Crippen LogP contribution >= 0.6 is 35.0 Å². The topological polar surface area (TPSA) is 69.0 Å². The Kier molecular flexibility index (Phi) is 7.41. The third kappa shape index (κ3) is 5.23. The van der Waals surface area contributed by atoms with Crippen LogP contribution in [0.25, 0.3) is 11.4 Å². The summed E-state index contributed by atoms with van der Waals surface area (Å²) in [5.74, 6) is 1.31. The summed E-state index contributed by atoms with van der Waals surface area (Å²) in [6, 6.07) is 12.6. The van der Waals surface area contributed by atoms with E-state index >= 15 is 0 Å². The maximum atomic E-state index is 12.4. The van der Waals surface area contributed by atoms with Crippen LogP contribution in [0.2, 0.25) is 10.0 Å². The number of anilines is 1. The predicted molar refractivity (Wildman–Crippen MR) is 118 cm³/mol. The third-order valence-corrected chi connectivity index (χ3v) is 5.51. The third-order valence-electron chi connectivity index (χ3n) is 4.00. The normalized spacial score (nSPS) is 10.8. The molecule has 0 aliphatic rings. The highest BCUT2D eigenvalue weighted by Crippen LogP contribution is 2.31. The first-order valence-corrected chi connectivity index (χ1v) is 10.8. The molecule has 1 amide bonds. The first-order chi connectivity index (χ1) is 14.0. The van der Waals surface area contributed by atoms with Crippen LogP contribution in [0.4, 0.5) is 5.69 Å². The largest absolute Gasteiger partial charge is 0.492 e. The molecule has 1 N–H and O–H groups in total. The van der Waals surface area contributed by atoms with Gasteiger partial charge in [0, 0.05) is 17.1 Å². The van der Waals surface area contributed by atoms with E-state index in [0.29, 0.717) is 45.6 Å². The summed E-state index contributed by atoms with van der Waals surface area (Å²) >= 11 is 13.6. The first kappa shape index (κ1) is 21.5. The molecule has 3 aromatic rings. The minimum atomic E-state index is -0.154. The van der Waals surface area contributed by atoms with Gasteiger partial charge in [0.15, 0.2) is 11.0 Å². The van der Waals surface area contributed by atoms with Gasteiger partial charge in [0.2, 0.25) is 5.91 Å². The van der Waals surface area contributed by atoms with Gasteiger partial charge in [0.1, 0.15) is 5.75 Å². The van der Waals surface area contributed by atoms with E-state index in [1.165, 1.54) is 11.8 Å². The van der Waals surface area contributed by atoms with E-state index in [1.54, 1.807) is 12.1 Å². The van der Waals surface area contributed by atoms with Crippen molar-refractivity contribution in [2.24, 2.45) is 0 Å². The van der Waals surface area contributed by atoms with Gasteiger partial charge in [-0.2, -0.15) is 0 Å². The van der Waals surface area contributed by atoms with Crippen molar-refractivity contribution in [2.45, 2.75) is 25.5 Å². The summed E-state index contributed by atoms with van der Waals surface area (Å²) in [7, 11) is 0. The van der Waals surface area contributed by atoms with Crippen LogP contribution in [0.5, 0.6) is 5.75 Å². The molecule has 0 unspecified atom stereocenters. The van der Waals surface area contributed by atoms with Crippen molar-refractivity contribution in [3.8, 4) is 17.1 Å². The molecule has 0 radical (unpaired) electrons. The highest BCUT2D eigenvalue weighted by molar-refractivity contribution is 7.99. The molecule has 0 fully saturated rings. The van der Waals surface area contributed by atoms with Crippen LogP contribution in [0.3, 0.4) is 0 Å². The van der Waals surface area contributed by atoms with E-state index in [1.807, 2.05) is 48.7 Å². The Labute approximate surface area is 183 Å².